The van der Waals surface area contributed by atoms with E-state index in [0.29, 0.717) is 11.5 Å². The van der Waals surface area contributed by atoms with Crippen molar-refractivity contribution in [1.82, 2.24) is 4.57 Å². The van der Waals surface area contributed by atoms with Crippen LogP contribution in [0.2, 0.25) is 0 Å². The first-order valence-corrected chi connectivity index (χ1v) is 7.56. The molecule has 0 amide bonds. The number of rotatable bonds is 6. The first-order valence-electron chi connectivity index (χ1n) is 6.41. The summed E-state index contributed by atoms with van der Waals surface area (Å²) >= 11 is 1.43. The number of hydrogen-bond donors (Lipinski definition) is 2. The summed E-state index contributed by atoms with van der Waals surface area (Å²) in [4.78, 5) is 22.5. The Bertz CT molecular complexity index is 670. The smallest absolute Gasteiger partial charge is 0.321 e. The van der Waals surface area contributed by atoms with E-state index in [-0.39, 0.29) is 5.56 Å². The minimum Gasteiger partial charge on any atom is -0.480 e. The van der Waals surface area contributed by atoms with Gasteiger partial charge in [-0.2, -0.15) is 11.8 Å². The first-order chi connectivity index (χ1) is 10.1. The van der Waals surface area contributed by atoms with Gasteiger partial charge in [0, 0.05) is 29.5 Å². The summed E-state index contributed by atoms with van der Waals surface area (Å²) in [6, 6.07) is 11.7. The highest BCUT2D eigenvalue weighted by molar-refractivity contribution is 7.98. The van der Waals surface area contributed by atoms with Gasteiger partial charge in [0.25, 0.3) is 5.56 Å². The molecule has 0 saturated carbocycles. The lowest BCUT2D eigenvalue weighted by molar-refractivity contribution is -0.137. The summed E-state index contributed by atoms with van der Waals surface area (Å²) in [5, 5.41) is 8.72. The molecule has 0 aliphatic rings. The number of pyridine rings is 1. The Morgan fingerprint density at radius 2 is 1.95 bits per heavy atom. The van der Waals surface area contributed by atoms with Gasteiger partial charge in [-0.25, -0.2) is 0 Å². The van der Waals surface area contributed by atoms with Crippen molar-refractivity contribution in [2.45, 2.75) is 11.8 Å². The van der Waals surface area contributed by atoms with Gasteiger partial charge in [0.1, 0.15) is 6.04 Å². The number of para-hydroxylation sites is 1. The van der Waals surface area contributed by atoms with Crippen molar-refractivity contribution in [1.29, 1.82) is 0 Å². The number of aliphatic carboxylic acids is 1. The molecule has 1 atom stereocenters. The van der Waals surface area contributed by atoms with Gasteiger partial charge in [0.15, 0.2) is 0 Å². The van der Waals surface area contributed by atoms with Crippen LogP contribution in [0, 0.1) is 0 Å². The summed E-state index contributed by atoms with van der Waals surface area (Å²) in [5.41, 5.74) is 7.10. The molecule has 3 N–H and O–H groups in total. The van der Waals surface area contributed by atoms with Crippen LogP contribution in [0.4, 0.5) is 0 Å². The van der Waals surface area contributed by atoms with E-state index in [1.807, 2.05) is 30.3 Å². The molecule has 0 aliphatic heterocycles. The minimum absolute atomic E-state index is 0.0998. The average molecular weight is 304 g/mol. The number of carbonyl (C=O) groups is 1. The quantitative estimate of drug-likeness (QED) is 0.844. The third kappa shape index (κ3) is 4.21. The van der Waals surface area contributed by atoms with E-state index in [1.54, 1.807) is 16.8 Å². The number of carboxylic acid groups (broad SMARTS) is 1. The second-order valence-electron chi connectivity index (χ2n) is 4.54. The van der Waals surface area contributed by atoms with Gasteiger partial charge in [-0.05, 0) is 17.7 Å². The Kier molecular flexibility index (Phi) is 5.19. The lowest BCUT2D eigenvalue weighted by Gasteiger charge is -2.09. The molecule has 0 fully saturated rings. The van der Waals surface area contributed by atoms with Gasteiger partial charge in [0.2, 0.25) is 0 Å². The Morgan fingerprint density at radius 3 is 2.62 bits per heavy atom. The Labute approximate surface area is 126 Å². The molecular formula is C15H16N2O3S. The molecule has 1 heterocycles. The fourth-order valence-corrected chi connectivity index (χ4v) is 2.70. The van der Waals surface area contributed by atoms with Gasteiger partial charge < -0.3 is 10.8 Å². The van der Waals surface area contributed by atoms with E-state index in [9.17, 15) is 9.59 Å². The normalized spacial score (nSPS) is 12.0. The van der Waals surface area contributed by atoms with Crippen LogP contribution in [0.15, 0.2) is 53.5 Å². The Balaban J connectivity index is 2.09. The largest absolute Gasteiger partial charge is 0.480 e. The van der Waals surface area contributed by atoms with Crippen LogP contribution in [0.1, 0.15) is 5.56 Å². The zero-order valence-corrected chi connectivity index (χ0v) is 12.1. The Hall–Kier alpha value is -2.05. The summed E-state index contributed by atoms with van der Waals surface area (Å²) in [7, 11) is 0. The van der Waals surface area contributed by atoms with Crippen LogP contribution in [-0.2, 0) is 10.5 Å². The summed E-state index contributed by atoms with van der Waals surface area (Å²) in [6.07, 6.45) is 1.77. The fraction of sp³-hybridized carbons (Fsp3) is 0.200. The van der Waals surface area contributed by atoms with Crippen molar-refractivity contribution in [2.24, 2.45) is 5.73 Å². The number of thioether (sulfide) groups is 1. The molecule has 0 saturated heterocycles. The molecule has 0 radical (unpaired) electrons. The number of hydrogen-bond acceptors (Lipinski definition) is 4. The van der Waals surface area contributed by atoms with Crippen LogP contribution >= 0.6 is 11.8 Å². The van der Waals surface area contributed by atoms with E-state index in [4.69, 9.17) is 10.8 Å². The predicted molar refractivity (Wildman–Crippen MR) is 83.8 cm³/mol. The maximum atomic E-state index is 11.9. The lowest BCUT2D eigenvalue weighted by Crippen LogP contribution is -2.32. The molecule has 0 bridgehead atoms. The molecular weight excluding hydrogens is 288 g/mol. The number of carboxylic acids is 1. The summed E-state index contributed by atoms with van der Waals surface area (Å²) in [6.45, 7) is 0. The van der Waals surface area contributed by atoms with Crippen LogP contribution in [0.3, 0.4) is 0 Å². The van der Waals surface area contributed by atoms with Crippen LogP contribution < -0.4 is 11.3 Å². The highest BCUT2D eigenvalue weighted by Gasteiger charge is 2.11. The standard InChI is InChI=1S/C15H16N2O3S/c16-13(15(19)20)10-21-9-11-6-7-14(18)17(8-11)12-4-2-1-3-5-12/h1-8,13H,9-10,16H2,(H,19,20). The number of aromatic nitrogens is 1. The highest BCUT2D eigenvalue weighted by Crippen LogP contribution is 2.13. The third-order valence-corrected chi connectivity index (χ3v) is 4.02. The van der Waals surface area contributed by atoms with Crippen molar-refractivity contribution in [3.05, 3.63) is 64.6 Å². The molecule has 1 aromatic carbocycles. The second kappa shape index (κ2) is 7.10. The van der Waals surface area contributed by atoms with E-state index in [0.717, 1.165) is 11.3 Å². The van der Waals surface area contributed by atoms with Crippen molar-refractivity contribution in [2.75, 3.05) is 5.75 Å². The molecule has 0 spiro atoms. The highest BCUT2D eigenvalue weighted by atomic mass is 32.2. The molecule has 1 aromatic heterocycles. The average Bonchev–Trinajstić information content (AvgIpc) is 2.49. The molecule has 2 aromatic rings. The van der Waals surface area contributed by atoms with Gasteiger partial charge in [0.05, 0.1) is 0 Å². The maximum Gasteiger partial charge on any atom is 0.321 e. The molecule has 110 valence electrons. The van der Waals surface area contributed by atoms with Crippen LogP contribution in [0.25, 0.3) is 5.69 Å². The van der Waals surface area contributed by atoms with E-state index in [2.05, 4.69) is 0 Å². The third-order valence-electron chi connectivity index (χ3n) is 2.89. The molecule has 1 unspecified atom stereocenters. The zero-order chi connectivity index (χ0) is 15.2. The Morgan fingerprint density at radius 1 is 1.24 bits per heavy atom. The van der Waals surface area contributed by atoms with Crippen molar-refractivity contribution in [3.8, 4) is 5.69 Å². The van der Waals surface area contributed by atoms with Crippen molar-refractivity contribution in [3.63, 3.8) is 0 Å². The second-order valence-corrected chi connectivity index (χ2v) is 5.57. The molecule has 2 rings (SSSR count). The minimum atomic E-state index is -1.00. The van der Waals surface area contributed by atoms with Gasteiger partial charge >= 0.3 is 5.97 Å². The number of nitrogens with two attached hydrogens (primary N) is 1. The SMILES string of the molecule is NC(CSCc1ccc(=O)n(-c2ccccc2)c1)C(=O)O. The number of nitrogens with zero attached hydrogens (tertiary/aromatic N) is 1. The van der Waals surface area contributed by atoms with Crippen molar-refractivity contribution >= 4 is 17.7 Å². The van der Waals surface area contributed by atoms with Crippen LogP contribution in [-0.4, -0.2) is 27.4 Å². The van der Waals surface area contributed by atoms with Gasteiger partial charge in [-0.15, -0.1) is 0 Å². The molecule has 0 aliphatic carbocycles. The van der Waals surface area contributed by atoms with E-state index >= 15 is 0 Å². The zero-order valence-electron chi connectivity index (χ0n) is 11.3. The number of benzene rings is 1. The van der Waals surface area contributed by atoms with Crippen molar-refractivity contribution < 1.29 is 9.90 Å². The monoisotopic (exact) mass is 304 g/mol. The summed E-state index contributed by atoms with van der Waals surface area (Å²) < 4.78 is 1.58. The topological polar surface area (TPSA) is 85.3 Å². The van der Waals surface area contributed by atoms with Crippen LogP contribution in [0.5, 0.6) is 0 Å². The first kappa shape index (κ1) is 15.3. The van der Waals surface area contributed by atoms with E-state index in [1.165, 1.54) is 17.8 Å². The summed E-state index contributed by atoms with van der Waals surface area (Å²) in [5.74, 6) is -0.0646. The lowest BCUT2D eigenvalue weighted by atomic mass is 10.2. The predicted octanol–water partition coefficient (Wildman–Crippen LogP) is 1.48. The molecule has 21 heavy (non-hydrogen) atoms. The van der Waals surface area contributed by atoms with Gasteiger partial charge in [-0.3, -0.25) is 14.2 Å². The molecule has 5 nitrogen and oxygen atoms in total. The molecule has 6 heteroatoms. The fourth-order valence-electron chi connectivity index (χ4n) is 1.78. The maximum absolute atomic E-state index is 11.9. The van der Waals surface area contributed by atoms with Gasteiger partial charge in [-0.1, -0.05) is 24.3 Å². The van der Waals surface area contributed by atoms with E-state index < -0.39 is 12.0 Å².